The van der Waals surface area contributed by atoms with Crippen molar-refractivity contribution >= 4 is 45.2 Å². The molecule has 0 radical (unpaired) electrons. The Morgan fingerprint density at radius 2 is 2.15 bits per heavy atom. The highest BCUT2D eigenvalue weighted by Gasteiger charge is 2.15. The van der Waals surface area contributed by atoms with E-state index in [0.717, 1.165) is 30.7 Å². The number of hydrogen-bond donors (Lipinski definition) is 0. The summed E-state index contributed by atoms with van der Waals surface area (Å²) < 4.78 is 3.58. The predicted octanol–water partition coefficient (Wildman–Crippen LogP) is 3.93. The van der Waals surface area contributed by atoms with Crippen LogP contribution in [0.1, 0.15) is 25.2 Å². The molecule has 1 heterocycles. The number of benzene rings is 1. The van der Waals surface area contributed by atoms with Gasteiger partial charge in [0.25, 0.3) is 0 Å². The fourth-order valence-electron chi connectivity index (χ4n) is 2.45. The summed E-state index contributed by atoms with van der Waals surface area (Å²) in [4.78, 5) is 6.99. The molecule has 0 amide bonds. The molecule has 0 fully saturated rings. The summed E-state index contributed by atoms with van der Waals surface area (Å²) in [6.45, 7) is 3.34. The number of nitrogens with zero attached hydrogens (tertiary/aromatic N) is 3. The third-order valence-corrected chi connectivity index (χ3v) is 4.34. The van der Waals surface area contributed by atoms with Gasteiger partial charge >= 0.3 is 0 Å². The molecule has 1 aromatic heterocycles. The van der Waals surface area contributed by atoms with Crippen molar-refractivity contribution < 1.29 is 0 Å². The molecule has 0 saturated heterocycles. The smallest absolute Gasteiger partial charge is 0.111 e. The minimum Gasteiger partial charge on any atom is -0.325 e. The number of aromatic nitrogens is 2. The van der Waals surface area contributed by atoms with E-state index in [-0.39, 0.29) is 0 Å². The van der Waals surface area contributed by atoms with Crippen LogP contribution >= 0.6 is 34.2 Å². The lowest BCUT2D eigenvalue weighted by Crippen LogP contribution is -2.18. The van der Waals surface area contributed by atoms with Crippen LogP contribution in [0.15, 0.2) is 18.2 Å². The second kappa shape index (κ2) is 7.09. The van der Waals surface area contributed by atoms with Crippen LogP contribution in [0.4, 0.5) is 0 Å². The number of aryl methyl sites for hydroxylation is 1. The molecule has 2 rings (SSSR count). The summed E-state index contributed by atoms with van der Waals surface area (Å²) in [6.07, 6.45) is 1.93. The topological polar surface area (TPSA) is 21.1 Å². The van der Waals surface area contributed by atoms with E-state index in [1.807, 2.05) is 0 Å². The number of halogens is 2. The van der Waals surface area contributed by atoms with Crippen LogP contribution in [-0.2, 0) is 6.42 Å². The summed E-state index contributed by atoms with van der Waals surface area (Å²) in [5, 5.41) is 0. The summed E-state index contributed by atoms with van der Waals surface area (Å²) in [6, 6.07) is 6.89. The first-order valence-electron chi connectivity index (χ1n) is 6.90. The van der Waals surface area contributed by atoms with E-state index in [1.165, 1.54) is 9.09 Å². The minimum absolute atomic E-state index is 0.431. The van der Waals surface area contributed by atoms with Crippen LogP contribution in [0.3, 0.4) is 0 Å². The van der Waals surface area contributed by atoms with Crippen LogP contribution in [0.2, 0.25) is 0 Å². The Hall–Kier alpha value is -0.330. The van der Waals surface area contributed by atoms with Crippen molar-refractivity contribution in [3.8, 4) is 0 Å². The van der Waals surface area contributed by atoms with E-state index < -0.39 is 0 Å². The lowest BCUT2D eigenvalue weighted by molar-refractivity contribution is 0.357. The monoisotopic (exact) mass is 405 g/mol. The molecular weight excluding hydrogens is 385 g/mol. The van der Waals surface area contributed by atoms with Crippen molar-refractivity contribution in [1.82, 2.24) is 14.5 Å². The average Bonchev–Trinajstić information content (AvgIpc) is 2.73. The molecule has 110 valence electrons. The molecule has 0 bridgehead atoms. The third kappa shape index (κ3) is 3.65. The van der Waals surface area contributed by atoms with Crippen molar-refractivity contribution in [3.63, 3.8) is 0 Å². The largest absolute Gasteiger partial charge is 0.325 e. The molecule has 0 saturated carbocycles. The second-order valence-electron chi connectivity index (χ2n) is 5.41. The minimum atomic E-state index is 0.431. The molecule has 5 heteroatoms. The van der Waals surface area contributed by atoms with Gasteiger partial charge in [-0.15, -0.1) is 11.6 Å². The number of alkyl halides is 1. The van der Waals surface area contributed by atoms with Gasteiger partial charge in [0, 0.05) is 21.9 Å². The van der Waals surface area contributed by atoms with Gasteiger partial charge in [-0.25, -0.2) is 4.98 Å². The normalized spacial score (nSPS) is 13.3. The Balaban J connectivity index is 2.39. The Morgan fingerprint density at radius 1 is 1.40 bits per heavy atom. The lowest BCUT2D eigenvalue weighted by Gasteiger charge is -2.19. The molecule has 0 spiro atoms. The van der Waals surface area contributed by atoms with E-state index in [2.05, 4.69) is 71.3 Å². The van der Waals surface area contributed by atoms with E-state index in [4.69, 9.17) is 16.6 Å². The molecule has 1 aromatic carbocycles. The Morgan fingerprint density at radius 3 is 2.80 bits per heavy atom. The zero-order chi connectivity index (χ0) is 14.7. The fraction of sp³-hybridized carbons (Fsp3) is 0.533. The summed E-state index contributed by atoms with van der Waals surface area (Å²) in [5.41, 5.74) is 2.30. The van der Waals surface area contributed by atoms with Gasteiger partial charge in [0.2, 0.25) is 0 Å². The molecule has 1 unspecified atom stereocenters. The Labute approximate surface area is 139 Å². The van der Waals surface area contributed by atoms with E-state index in [1.54, 1.807) is 0 Å². The number of rotatable bonds is 6. The highest BCUT2D eigenvalue weighted by atomic mass is 127. The van der Waals surface area contributed by atoms with Gasteiger partial charge in [0.1, 0.15) is 5.82 Å². The van der Waals surface area contributed by atoms with Crippen molar-refractivity contribution in [3.05, 3.63) is 27.6 Å². The van der Waals surface area contributed by atoms with E-state index in [0.29, 0.717) is 11.9 Å². The van der Waals surface area contributed by atoms with Crippen LogP contribution in [-0.4, -0.2) is 41.0 Å². The van der Waals surface area contributed by atoms with E-state index in [9.17, 15) is 0 Å². The van der Waals surface area contributed by atoms with Crippen molar-refractivity contribution in [2.75, 3.05) is 26.5 Å². The molecule has 0 aliphatic rings. The van der Waals surface area contributed by atoms with Crippen molar-refractivity contribution in [1.29, 1.82) is 0 Å². The molecule has 2 aromatic rings. The molecule has 0 aliphatic heterocycles. The van der Waals surface area contributed by atoms with Gasteiger partial charge in [0.15, 0.2) is 0 Å². The van der Waals surface area contributed by atoms with Crippen LogP contribution in [0, 0.1) is 3.57 Å². The molecule has 0 aliphatic carbocycles. The van der Waals surface area contributed by atoms with Gasteiger partial charge in [-0.05, 0) is 74.8 Å². The van der Waals surface area contributed by atoms with Crippen LogP contribution < -0.4 is 0 Å². The maximum Gasteiger partial charge on any atom is 0.111 e. The maximum atomic E-state index is 5.94. The average molecular weight is 406 g/mol. The number of hydrogen-bond acceptors (Lipinski definition) is 2. The zero-order valence-corrected chi connectivity index (χ0v) is 15.1. The predicted molar refractivity (Wildman–Crippen MR) is 94.8 cm³/mol. The standard InChI is InChI=1S/C15H21ClIN3/c1-11(7-9-19(2)3)20-14-5-4-12(17)10-13(14)18-15(20)6-8-16/h4-5,10-11H,6-9H2,1-3H3. The first kappa shape index (κ1) is 16.0. The summed E-state index contributed by atoms with van der Waals surface area (Å²) in [7, 11) is 4.22. The van der Waals surface area contributed by atoms with Crippen molar-refractivity contribution in [2.24, 2.45) is 0 Å². The number of imidazole rings is 1. The first-order chi connectivity index (χ1) is 9.52. The fourth-order valence-corrected chi connectivity index (χ4v) is 3.09. The maximum absolute atomic E-state index is 5.94. The third-order valence-electron chi connectivity index (χ3n) is 3.48. The summed E-state index contributed by atoms with van der Waals surface area (Å²) in [5.74, 6) is 1.71. The summed E-state index contributed by atoms with van der Waals surface area (Å²) >= 11 is 8.27. The van der Waals surface area contributed by atoms with Crippen LogP contribution in [0.25, 0.3) is 11.0 Å². The Kier molecular flexibility index (Phi) is 5.69. The van der Waals surface area contributed by atoms with Gasteiger partial charge in [-0.3, -0.25) is 0 Å². The Bertz CT molecular complexity index is 580. The molecule has 0 N–H and O–H groups in total. The van der Waals surface area contributed by atoms with E-state index >= 15 is 0 Å². The highest BCUT2D eigenvalue weighted by molar-refractivity contribution is 14.1. The lowest BCUT2D eigenvalue weighted by atomic mass is 10.2. The molecule has 20 heavy (non-hydrogen) atoms. The van der Waals surface area contributed by atoms with Gasteiger partial charge in [0.05, 0.1) is 11.0 Å². The molecular formula is C15H21ClIN3. The quantitative estimate of drug-likeness (QED) is 0.536. The van der Waals surface area contributed by atoms with Crippen molar-refractivity contribution in [2.45, 2.75) is 25.8 Å². The second-order valence-corrected chi connectivity index (χ2v) is 7.03. The van der Waals surface area contributed by atoms with Crippen LogP contribution in [0.5, 0.6) is 0 Å². The first-order valence-corrected chi connectivity index (χ1v) is 8.51. The van der Waals surface area contributed by atoms with Gasteiger partial charge in [-0.1, -0.05) is 0 Å². The SMILES string of the molecule is CC(CCN(C)C)n1c(CCCl)nc2cc(I)ccc21. The zero-order valence-electron chi connectivity index (χ0n) is 12.2. The molecule has 1 atom stereocenters. The van der Waals surface area contributed by atoms with Gasteiger partial charge in [-0.2, -0.15) is 0 Å². The molecule has 3 nitrogen and oxygen atoms in total. The highest BCUT2D eigenvalue weighted by Crippen LogP contribution is 2.25. The van der Waals surface area contributed by atoms with Gasteiger partial charge < -0.3 is 9.47 Å². The number of fused-ring (bicyclic) bond motifs is 1.